The smallest absolute Gasteiger partial charge is 0.271 e. The average molecular weight is 552 g/mol. The highest BCUT2D eigenvalue weighted by Crippen LogP contribution is 2.41. The summed E-state index contributed by atoms with van der Waals surface area (Å²) in [6.45, 7) is 4.20. The van der Waals surface area contributed by atoms with E-state index in [9.17, 15) is 4.79 Å². The lowest BCUT2D eigenvalue weighted by Gasteiger charge is -2.19. The normalized spacial score (nSPS) is 15.8. The highest BCUT2D eigenvalue weighted by Gasteiger charge is 2.36. The molecule has 3 aromatic carbocycles. The van der Waals surface area contributed by atoms with Crippen LogP contribution in [-0.4, -0.2) is 25.3 Å². The molecular formula is C28H27BrN2O3S. The first kappa shape index (κ1) is 25.1. The molecule has 35 heavy (non-hydrogen) atoms. The number of rotatable bonds is 7. The van der Waals surface area contributed by atoms with Gasteiger partial charge in [0.2, 0.25) is 0 Å². The van der Waals surface area contributed by atoms with Crippen molar-refractivity contribution in [1.29, 1.82) is 0 Å². The van der Waals surface area contributed by atoms with Crippen molar-refractivity contribution in [2.45, 2.75) is 26.7 Å². The van der Waals surface area contributed by atoms with Crippen LogP contribution in [-0.2, 0) is 17.6 Å². The van der Waals surface area contributed by atoms with E-state index in [1.807, 2.05) is 54.6 Å². The Kier molecular flexibility index (Phi) is 7.98. The minimum atomic E-state index is -0.106. The molecule has 180 valence electrons. The van der Waals surface area contributed by atoms with Gasteiger partial charge < -0.3 is 9.47 Å². The molecule has 0 aromatic heterocycles. The second kappa shape index (κ2) is 11.1. The minimum Gasteiger partial charge on any atom is -0.493 e. The summed E-state index contributed by atoms with van der Waals surface area (Å²) in [5, 5.41) is 0.639. The Bertz CT molecular complexity index is 1320. The number of amides is 1. The quantitative estimate of drug-likeness (QED) is 0.287. The summed E-state index contributed by atoms with van der Waals surface area (Å²) in [6, 6.07) is 19.7. The van der Waals surface area contributed by atoms with E-state index in [1.54, 1.807) is 19.1 Å². The Balaban J connectivity index is 1.85. The van der Waals surface area contributed by atoms with Gasteiger partial charge in [-0.25, -0.2) is 4.99 Å². The van der Waals surface area contributed by atoms with Gasteiger partial charge in [-0.05, 0) is 71.6 Å². The molecule has 0 atom stereocenters. The van der Waals surface area contributed by atoms with Gasteiger partial charge in [0, 0.05) is 4.47 Å². The van der Waals surface area contributed by atoms with Gasteiger partial charge in [0.15, 0.2) is 16.7 Å². The lowest BCUT2D eigenvalue weighted by atomic mass is 10.1. The van der Waals surface area contributed by atoms with E-state index >= 15 is 0 Å². The fraction of sp³-hybridized carbons (Fsp3) is 0.214. The largest absolute Gasteiger partial charge is 0.493 e. The van der Waals surface area contributed by atoms with Crippen LogP contribution in [0.2, 0.25) is 0 Å². The molecule has 1 aliphatic rings. The van der Waals surface area contributed by atoms with E-state index in [0.717, 1.165) is 45.4 Å². The lowest BCUT2D eigenvalue weighted by molar-refractivity contribution is -0.113. The third-order valence-electron chi connectivity index (χ3n) is 5.80. The number of carbonyl (C=O) groups is 1. The zero-order valence-electron chi connectivity index (χ0n) is 20.2. The molecule has 0 N–H and O–H groups in total. The van der Waals surface area contributed by atoms with E-state index in [2.05, 4.69) is 41.9 Å². The third kappa shape index (κ3) is 5.16. The van der Waals surface area contributed by atoms with Gasteiger partial charge >= 0.3 is 0 Å². The average Bonchev–Trinajstić information content (AvgIpc) is 3.19. The molecule has 0 radical (unpaired) electrons. The maximum atomic E-state index is 13.8. The zero-order valence-corrected chi connectivity index (χ0v) is 22.6. The second-order valence-corrected chi connectivity index (χ2v) is 9.70. The zero-order chi connectivity index (χ0) is 24.9. The number of thioether (sulfide) groups is 1. The van der Waals surface area contributed by atoms with Gasteiger partial charge in [-0.15, -0.1) is 0 Å². The molecule has 1 heterocycles. The molecule has 5 nitrogen and oxygen atoms in total. The monoisotopic (exact) mass is 550 g/mol. The number of hydrogen-bond acceptors (Lipinski definition) is 5. The number of ether oxygens (including phenoxy) is 2. The standard InChI is InChI=1S/C28H27BrN2O3S/c1-5-18-11-7-9-13-22(18)30-28-31(23-14-10-8-12-19(23)6-2)27(32)26(35-28)16-20-15-24(33-3)25(34-4)17-21(20)29/h7-17H,5-6H2,1-4H3. The van der Waals surface area contributed by atoms with Crippen molar-refractivity contribution in [2.75, 3.05) is 19.1 Å². The SMILES string of the molecule is CCc1ccccc1N=C1SC(=Cc2cc(OC)c(OC)cc2Br)C(=O)N1c1ccccc1CC. The topological polar surface area (TPSA) is 51.1 Å². The molecule has 0 unspecified atom stereocenters. The highest BCUT2D eigenvalue weighted by molar-refractivity contribution is 9.10. The van der Waals surface area contributed by atoms with Crippen molar-refractivity contribution in [2.24, 2.45) is 4.99 Å². The van der Waals surface area contributed by atoms with Crippen molar-refractivity contribution in [3.8, 4) is 11.5 Å². The molecule has 0 spiro atoms. The number of halogens is 1. The van der Waals surface area contributed by atoms with Crippen LogP contribution < -0.4 is 14.4 Å². The van der Waals surface area contributed by atoms with E-state index in [1.165, 1.54) is 11.8 Å². The number of carbonyl (C=O) groups excluding carboxylic acids is 1. The van der Waals surface area contributed by atoms with Crippen molar-refractivity contribution in [1.82, 2.24) is 0 Å². The summed E-state index contributed by atoms with van der Waals surface area (Å²) in [4.78, 5) is 21.1. The number of aliphatic imine (C=N–C) groups is 1. The van der Waals surface area contributed by atoms with Crippen molar-refractivity contribution in [3.63, 3.8) is 0 Å². The van der Waals surface area contributed by atoms with E-state index < -0.39 is 0 Å². The van der Waals surface area contributed by atoms with Crippen LogP contribution >= 0.6 is 27.7 Å². The molecule has 1 aliphatic heterocycles. The molecule has 1 amide bonds. The van der Waals surface area contributed by atoms with Gasteiger partial charge in [0.25, 0.3) is 5.91 Å². The van der Waals surface area contributed by atoms with Crippen LogP contribution in [0.1, 0.15) is 30.5 Å². The minimum absolute atomic E-state index is 0.106. The summed E-state index contributed by atoms with van der Waals surface area (Å²) < 4.78 is 11.7. The molecule has 0 bridgehead atoms. The predicted octanol–water partition coefficient (Wildman–Crippen LogP) is 7.40. The van der Waals surface area contributed by atoms with E-state index in [4.69, 9.17) is 14.5 Å². The fourth-order valence-corrected chi connectivity index (χ4v) is 5.35. The Hall–Kier alpha value is -3.03. The Morgan fingerprint density at radius 1 is 0.943 bits per heavy atom. The van der Waals surface area contributed by atoms with Crippen molar-refractivity contribution >= 4 is 56.2 Å². The second-order valence-electron chi connectivity index (χ2n) is 7.84. The number of nitrogens with zero attached hydrogens (tertiary/aromatic N) is 2. The molecule has 1 fully saturated rings. The maximum Gasteiger partial charge on any atom is 0.271 e. The molecule has 1 saturated heterocycles. The first-order valence-electron chi connectivity index (χ1n) is 11.4. The first-order chi connectivity index (χ1) is 17.0. The molecule has 3 aromatic rings. The highest BCUT2D eigenvalue weighted by atomic mass is 79.9. The molecule has 4 rings (SSSR count). The first-order valence-corrected chi connectivity index (χ1v) is 13.0. The van der Waals surface area contributed by atoms with Crippen LogP contribution in [0.4, 0.5) is 11.4 Å². The van der Waals surface area contributed by atoms with E-state index in [0.29, 0.717) is 21.6 Å². The van der Waals surface area contributed by atoms with E-state index in [-0.39, 0.29) is 5.91 Å². The van der Waals surface area contributed by atoms with Crippen LogP contribution in [0.25, 0.3) is 6.08 Å². The van der Waals surface area contributed by atoms with Gasteiger partial charge in [-0.3, -0.25) is 9.69 Å². The summed E-state index contributed by atoms with van der Waals surface area (Å²) in [6.07, 6.45) is 3.54. The number of aryl methyl sites for hydroxylation is 2. The Morgan fingerprint density at radius 2 is 1.57 bits per heavy atom. The van der Waals surface area contributed by atoms with Crippen molar-refractivity contribution < 1.29 is 14.3 Å². The number of benzene rings is 3. The Labute approximate surface area is 219 Å². The van der Waals surface area contributed by atoms with Crippen LogP contribution in [0.15, 0.2) is 75.0 Å². The number of anilines is 1. The number of hydrogen-bond donors (Lipinski definition) is 0. The lowest BCUT2D eigenvalue weighted by Crippen LogP contribution is -2.29. The number of amidine groups is 1. The number of para-hydroxylation sites is 2. The third-order valence-corrected chi connectivity index (χ3v) is 7.45. The van der Waals surface area contributed by atoms with Crippen LogP contribution in [0.3, 0.4) is 0 Å². The fourth-order valence-electron chi connectivity index (χ4n) is 3.93. The summed E-state index contributed by atoms with van der Waals surface area (Å²) in [5.41, 5.74) is 4.77. The predicted molar refractivity (Wildman–Crippen MR) is 149 cm³/mol. The maximum absolute atomic E-state index is 13.8. The summed E-state index contributed by atoms with van der Waals surface area (Å²) in [5.74, 6) is 1.10. The Morgan fingerprint density at radius 3 is 2.26 bits per heavy atom. The van der Waals surface area contributed by atoms with Gasteiger partial charge in [-0.1, -0.05) is 66.2 Å². The molecule has 0 saturated carbocycles. The number of methoxy groups -OCH3 is 2. The summed E-state index contributed by atoms with van der Waals surface area (Å²) >= 11 is 4.98. The van der Waals surface area contributed by atoms with Crippen LogP contribution in [0.5, 0.6) is 11.5 Å². The van der Waals surface area contributed by atoms with Crippen molar-refractivity contribution in [3.05, 3.63) is 86.7 Å². The molecule has 0 aliphatic carbocycles. The van der Waals surface area contributed by atoms with Gasteiger partial charge in [0.1, 0.15) is 0 Å². The molecule has 7 heteroatoms. The molecular weight excluding hydrogens is 524 g/mol. The van der Waals surface area contributed by atoms with Crippen LogP contribution in [0, 0.1) is 0 Å². The van der Waals surface area contributed by atoms with Gasteiger partial charge in [0.05, 0.1) is 30.5 Å². The summed E-state index contributed by atoms with van der Waals surface area (Å²) in [7, 11) is 3.19. The van der Waals surface area contributed by atoms with Gasteiger partial charge in [-0.2, -0.15) is 0 Å².